The molecule has 0 aliphatic carbocycles. The van der Waals surface area contributed by atoms with Gasteiger partial charge in [0, 0.05) is 11.6 Å². The Morgan fingerprint density at radius 3 is 2.70 bits per heavy atom. The van der Waals surface area contributed by atoms with E-state index in [4.69, 9.17) is 16.7 Å². The van der Waals surface area contributed by atoms with Crippen LogP contribution in [0.2, 0.25) is 5.02 Å². The molecular formula is C13H20ClNO3S2. The molecule has 4 nitrogen and oxygen atoms in total. The van der Waals surface area contributed by atoms with Crippen LogP contribution in [-0.2, 0) is 16.6 Å². The quantitative estimate of drug-likeness (QED) is 0.680. The van der Waals surface area contributed by atoms with Crippen molar-refractivity contribution in [2.45, 2.75) is 30.8 Å². The van der Waals surface area contributed by atoms with Crippen LogP contribution in [-0.4, -0.2) is 32.1 Å². The second kappa shape index (κ2) is 8.89. The first-order valence-corrected chi connectivity index (χ1v) is 9.64. The number of thioether (sulfide) groups is 1. The molecule has 0 spiro atoms. The van der Waals surface area contributed by atoms with Gasteiger partial charge in [-0.25, -0.2) is 13.1 Å². The third-order valence-corrected chi connectivity index (χ3v) is 5.34. The van der Waals surface area contributed by atoms with Crippen molar-refractivity contribution >= 4 is 33.4 Å². The zero-order valence-corrected chi connectivity index (χ0v) is 13.8. The number of hydrogen-bond donors (Lipinski definition) is 2. The number of aliphatic hydroxyl groups is 1. The smallest absolute Gasteiger partial charge is 0.240 e. The van der Waals surface area contributed by atoms with Crippen molar-refractivity contribution in [1.29, 1.82) is 0 Å². The minimum atomic E-state index is -3.53. The van der Waals surface area contributed by atoms with Crippen molar-refractivity contribution < 1.29 is 13.5 Å². The molecule has 0 aromatic heterocycles. The van der Waals surface area contributed by atoms with Crippen molar-refractivity contribution in [3.63, 3.8) is 0 Å². The fourth-order valence-corrected chi connectivity index (χ4v) is 3.47. The topological polar surface area (TPSA) is 66.4 Å². The van der Waals surface area contributed by atoms with Gasteiger partial charge in [-0.15, -0.1) is 0 Å². The first-order valence-electron chi connectivity index (χ1n) is 6.39. The van der Waals surface area contributed by atoms with Crippen LogP contribution >= 0.6 is 23.4 Å². The number of benzene rings is 1. The normalized spacial score (nSPS) is 11.8. The fraction of sp³-hybridized carbons (Fsp3) is 0.538. The Kier molecular flexibility index (Phi) is 7.91. The van der Waals surface area contributed by atoms with Gasteiger partial charge in [-0.05, 0) is 48.6 Å². The lowest BCUT2D eigenvalue weighted by Gasteiger charge is -2.08. The summed E-state index contributed by atoms with van der Waals surface area (Å²) in [6.45, 7) is 0.144. The van der Waals surface area contributed by atoms with Gasteiger partial charge in [-0.3, -0.25) is 0 Å². The molecule has 1 aromatic carbocycles. The van der Waals surface area contributed by atoms with E-state index in [1.165, 1.54) is 18.2 Å². The maximum absolute atomic E-state index is 12.1. The van der Waals surface area contributed by atoms with Gasteiger partial charge in [0.25, 0.3) is 0 Å². The molecule has 1 aromatic rings. The summed E-state index contributed by atoms with van der Waals surface area (Å²) < 4.78 is 26.7. The molecule has 0 unspecified atom stereocenters. The monoisotopic (exact) mass is 337 g/mol. The molecule has 0 aliphatic rings. The molecule has 1 rings (SSSR count). The molecule has 0 heterocycles. The van der Waals surface area contributed by atoms with Gasteiger partial charge in [0.15, 0.2) is 0 Å². The highest BCUT2D eigenvalue weighted by atomic mass is 35.5. The maximum Gasteiger partial charge on any atom is 0.240 e. The average molecular weight is 338 g/mol. The second-order valence-electron chi connectivity index (χ2n) is 4.36. The van der Waals surface area contributed by atoms with Crippen molar-refractivity contribution in [2.24, 2.45) is 0 Å². The van der Waals surface area contributed by atoms with E-state index in [-0.39, 0.29) is 11.5 Å². The lowest BCUT2D eigenvalue weighted by atomic mass is 10.2. The summed E-state index contributed by atoms with van der Waals surface area (Å²) in [6.07, 6.45) is 4.98. The lowest BCUT2D eigenvalue weighted by molar-refractivity contribution is 0.281. The third-order valence-electron chi connectivity index (χ3n) is 2.82. The van der Waals surface area contributed by atoms with Gasteiger partial charge in [0.1, 0.15) is 0 Å². The van der Waals surface area contributed by atoms with Crippen LogP contribution in [0.5, 0.6) is 0 Å². The maximum atomic E-state index is 12.1. The largest absolute Gasteiger partial charge is 0.392 e. The summed E-state index contributed by atoms with van der Waals surface area (Å²) in [4.78, 5) is 0.134. The van der Waals surface area contributed by atoms with Gasteiger partial charge in [-0.2, -0.15) is 11.8 Å². The van der Waals surface area contributed by atoms with Gasteiger partial charge in [0.2, 0.25) is 10.0 Å². The Labute approximate surface area is 130 Å². The van der Waals surface area contributed by atoms with E-state index >= 15 is 0 Å². The highest BCUT2D eigenvalue weighted by Crippen LogP contribution is 2.20. The van der Waals surface area contributed by atoms with Crippen LogP contribution in [0.4, 0.5) is 0 Å². The van der Waals surface area contributed by atoms with Crippen LogP contribution in [0.3, 0.4) is 0 Å². The van der Waals surface area contributed by atoms with Crippen LogP contribution in [0.15, 0.2) is 23.1 Å². The fourth-order valence-electron chi connectivity index (χ4n) is 1.68. The van der Waals surface area contributed by atoms with Crippen LogP contribution in [0.25, 0.3) is 0 Å². The summed E-state index contributed by atoms with van der Waals surface area (Å²) >= 11 is 7.64. The van der Waals surface area contributed by atoms with E-state index in [2.05, 4.69) is 11.0 Å². The van der Waals surface area contributed by atoms with E-state index < -0.39 is 10.0 Å². The molecule has 2 N–H and O–H groups in total. The zero-order chi connectivity index (χ0) is 15.0. The van der Waals surface area contributed by atoms with Gasteiger partial charge in [0.05, 0.1) is 11.5 Å². The Hall–Kier alpha value is -0.270. The molecule has 0 fully saturated rings. The number of aliphatic hydroxyl groups excluding tert-OH is 1. The number of hydrogen-bond acceptors (Lipinski definition) is 4. The van der Waals surface area contributed by atoms with Crippen LogP contribution in [0, 0.1) is 0 Å². The highest BCUT2D eigenvalue weighted by Gasteiger charge is 2.14. The first kappa shape index (κ1) is 17.8. The molecule has 0 aliphatic heterocycles. The molecule has 0 radical (unpaired) electrons. The minimum Gasteiger partial charge on any atom is -0.392 e. The Morgan fingerprint density at radius 2 is 2.05 bits per heavy atom. The third kappa shape index (κ3) is 5.61. The molecular weight excluding hydrogens is 318 g/mol. The zero-order valence-electron chi connectivity index (χ0n) is 11.4. The van der Waals surface area contributed by atoms with Crippen molar-refractivity contribution in [3.8, 4) is 0 Å². The summed E-state index contributed by atoms with van der Waals surface area (Å²) in [5, 5.41) is 9.47. The summed E-state index contributed by atoms with van der Waals surface area (Å²) in [6, 6.07) is 4.33. The van der Waals surface area contributed by atoms with Gasteiger partial charge in [-0.1, -0.05) is 18.0 Å². The van der Waals surface area contributed by atoms with E-state index in [1.807, 2.05) is 0 Å². The van der Waals surface area contributed by atoms with Crippen LogP contribution < -0.4 is 4.72 Å². The van der Waals surface area contributed by atoms with Crippen molar-refractivity contribution in [3.05, 3.63) is 28.8 Å². The second-order valence-corrected chi connectivity index (χ2v) is 7.52. The first-order chi connectivity index (χ1) is 9.51. The molecule has 0 saturated heterocycles. The predicted molar refractivity (Wildman–Crippen MR) is 84.8 cm³/mol. The summed E-state index contributed by atoms with van der Waals surface area (Å²) in [7, 11) is -3.53. The molecule has 0 bridgehead atoms. The minimum absolute atomic E-state index is 0.134. The molecule has 0 atom stereocenters. The number of halogens is 1. The average Bonchev–Trinajstić information content (AvgIpc) is 2.43. The van der Waals surface area contributed by atoms with E-state index in [1.54, 1.807) is 11.8 Å². The molecule has 0 amide bonds. The van der Waals surface area contributed by atoms with Crippen LogP contribution in [0.1, 0.15) is 24.8 Å². The van der Waals surface area contributed by atoms with E-state index in [0.29, 0.717) is 17.1 Å². The Bertz CT molecular complexity index is 520. The van der Waals surface area contributed by atoms with E-state index in [0.717, 1.165) is 25.0 Å². The number of nitrogens with one attached hydrogen (secondary N) is 1. The van der Waals surface area contributed by atoms with Crippen molar-refractivity contribution in [2.75, 3.05) is 18.6 Å². The number of unbranched alkanes of at least 4 members (excludes halogenated alkanes) is 2. The number of sulfonamides is 1. The molecule has 114 valence electrons. The van der Waals surface area contributed by atoms with Crippen molar-refractivity contribution in [1.82, 2.24) is 4.72 Å². The molecule has 0 saturated carbocycles. The SMILES string of the molecule is CSCCCCCNS(=O)(=O)c1ccc(Cl)c(CO)c1. The lowest BCUT2D eigenvalue weighted by Crippen LogP contribution is -2.25. The summed E-state index contributed by atoms with van der Waals surface area (Å²) in [5.74, 6) is 1.10. The highest BCUT2D eigenvalue weighted by molar-refractivity contribution is 7.98. The number of rotatable bonds is 9. The predicted octanol–water partition coefficient (Wildman–Crippen LogP) is 2.64. The Morgan fingerprint density at radius 1 is 1.30 bits per heavy atom. The van der Waals surface area contributed by atoms with Gasteiger partial charge >= 0.3 is 0 Å². The summed E-state index contributed by atoms with van der Waals surface area (Å²) in [5.41, 5.74) is 0.412. The molecule has 20 heavy (non-hydrogen) atoms. The van der Waals surface area contributed by atoms with Gasteiger partial charge < -0.3 is 5.11 Å². The molecule has 7 heteroatoms. The van der Waals surface area contributed by atoms with E-state index in [9.17, 15) is 8.42 Å². The Balaban J connectivity index is 2.56. The standard InChI is InChI=1S/C13H20ClNO3S2/c1-19-8-4-2-3-7-15-20(17,18)12-5-6-13(14)11(9-12)10-16/h5-6,9,15-16H,2-4,7-8,10H2,1H3.